The summed E-state index contributed by atoms with van der Waals surface area (Å²) in [5.41, 5.74) is 10.7. The Morgan fingerprint density at radius 1 is 0.750 bits per heavy atom. The van der Waals surface area contributed by atoms with Crippen molar-refractivity contribution in [3.05, 3.63) is 77.3 Å². The van der Waals surface area contributed by atoms with Gasteiger partial charge in [0.15, 0.2) is 5.65 Å². The van der Waals surface area contributed by atoms with Crippen LogP contribution in [0.15, 0.2) is 77.3 Å². The van der Waals surface area contributed by atoms with Crippen molar-refractivity contribution in [2.45, 2.75) is 0 Å². The summed E-state index contributed by atoms with van der Waals surface area (Å²) in [5.74, 6) is 0.473. The summed E-state index contributed by atoms with van der Waals surface area (Å²) in [6, 6.07) is 24.3. The zero-order valence-corrected chi connectivity index (χ0v) is 14.4. The van der Waals surface area contributed by atoms with Crippen molar-refractivity contribution >= 4 is 32.8 Å². The van der Waals surface area contributed by atoms with E-state index in [0.29, 0.717) is 11.5 Å². The van der Waals surface area contributed by atoms with Crippen LogP contribution in [-0.2, 0) is 0 Å². The third-order valence-electron chi connectivity index (χ3n) is 3.90. The van der Waals surface area contributed by atoms with Gasteiger partial charge in [0.05, 0.1) is 5.69 Å². The Morgan fingerprint density at radius 2 is 1.54 bits per heavy atom. The van der Waals surface area contributed by atoms with Gasteiger partial charge in [-0.05, 0) is 41.5 Å². The molecule has 4 heteroatoms. The lowest BCUT2D eigenvalue weighted by Crippen LogP contribution is -1.95. The van der Waals surface area contributed by atoms with Crippen LogP contribution in [0.2, 0.25) is 0 Å². The molecule has 0 aliphatic heterocycles. The van der Waals surface area contributed by atoms with Gasteiger partial charge in [0.2, 0.25) is 0 Å². The Kier molecular flexibility index (Phi) is 3.75. The third-order valence-corrected chi connectivity index (χ3v) is 4.39. The quantitative estimate of drug-likeness (QED) is 0.516. The fourth-order valence-electron chi connectivity index (χ4n) is 2.77. The van der Waals surface area contributed by atoms with E-state index in [9.17, 15) is 0 Å². The Labute approximate surface area is 148 Å². The van der Waals surface area contributed by atoms with E-state index in [1.807, 2.05) is 48.5 Å². The first-order chi connectivity index (χ1) is 11.7. The van der Waals surface area contributed by atoms with E-state index in [2.05, 4.69) is 45.2 Å². The largest absolute Gasteiger partial charge is 0.384 e. The van der Waals surface area contributed by atoms with Gasteiger partial charge < -0.3 is 5.73 Å². The second kappa shape index (κ2) is 6.06. The van der Waals surface area contributed by atoms with Crippen LogP contribution in [0.3, 0.4) is 0 Å². The second-order valence-corrected chi connectivity index (χ2v) is 6.45. The van der Waals surface area contributed by atoms with Crippen molar-refractivity contribution in [3.8, 4) is 22.4 Å². The molecule has 3 nitrogen and oxygen atoms in total. The first kappa shape index (κ1) is 14.8. The molecule has 0 radical (unpaired) electrons. The minimum absolute atomic E-state index is 0.473. The van der Waals surface area contributed by atoms with E-state index in [1.54, 1.807) is 0 Å². The van der Waals surface area contributed by atoms with Gasteiger partial charge >= 0.3 is 0 Å². The molecule has 0 fully saturated rings. The molecular formula is C20H14BrN3. The number of nitrogens with two attached hydrogens (primary N) is 1. The number of halogens is 1. The molecule has 0 amide bonds. The van der Waals surface area contributed by atoms with E-state index in [4.69, 9.17) is 10.7 Å². The van der Waals surface area contributed by atoms with E-state index in [-0.39, 0.29) is 0 Å². The predicted octanol–water partition coefficient (Wildman–Crippen LogP) is 5.31. The Bertz CT molecular complexity index is 1030. The van der Waals surface area contributed by atoms with Crippen LogP contribution in [0, 0.1) is 0 Å². The van der Waals surface area contributed by atoms with E-state index < -0.39 is 0 Å². The van der Waals surface area contributed by atoms with Gasteiger partial charge in [-0.1, -0.05) is 58.4 Å². The fraction of sp³-hybridized carbons (Fsp3) is 0. The number of aromatic nitrogens is 2. The molecule has 4 rings (SSSR count). The van der Waals surface area contributed by atoms with Crippen LogP contribution >= 0.6 is 15.9 Å². The number of hydrogen-bond donors (Lipinski definition) is 1. The minimum atomic E-state index is 0.473. The van der Waals surface area contributed by atoms with Crippen LogP contribution in [0.5, 0.6) is 0 Å². The highest BCUT2D eigenvalue weighted by molar-refractivity contribution is 9.10. The highest BCUT2D eigenvalue weighted by atomic mass is 79.9. The zero-order valence-electron chi connectivity index (χ0n) is 12.8. The van der Waals surface area contributed by atoms with Crippen LogP contribution in [0.25, 0.3) is 33.4 Å². The Morgan fingerprint density at radius 3 is 2.33 bits per heavy atom. The lowest BCUT2D eigenvalue weighted by Gasteiger charge is -2.10. The Hall–Kier alpha value is -2.72. The molecule has 0 aliphatic carbocycles. The highest BCUT2D eigenvalue weighted by Crippen LogP contribution is 2.32. The molecule has 2 N–H and O–H groups in total. The van der Waals surface area contributed by atoms with Gasteiger partial charge in [-0.3, -0.25) is 0 Å². The first-order valence-electron chi connectivity index (χ1n) is 7.59. The first-order valence-corrected chi connectivity index (χ1v) is 8.39. The summed E-state index contributed by atoms with van der Waals surface area (Å²) in [5, 5.41) is 0.995. The lowest BCUT2D eigenvalue weighted by atomic mass is 10.00. The van der Waals surface area contributed by atoms with Crippen LogP contribution < -0.4 is 5.73 Å². The molecule has 4 aromatic rings. The number of anilines is 1. The highest BCUT2D eigenvalue weighted by Gasteiger charge is 2.11. The smallest absolute Gasteiger partial charge is 0.162 e. The van der Waals surface area contributed by atoms with Gasteiger partial charge in [0.25, 0.3) is 0 Å². The topological polar surface area (TPSA) is 51.8 Å². The monoisotopic (exact) mass is 375 g/mol. The Balaban J connectivity index is 2.03. The maximum atomic E-state index is 5.87. The number of benzene rings is 2. The normalized spacial score (nSPS) is 10.9. The molecule has 0 aliphatic rings. The van der Waals surface area contributed by atoms with Crippen LogP contribution in [0.1, 0.15) is 0 Å². The van der Waals surface area contributed by atoms with E-state index >= 15 is 0 Å². The van der Waals surface area contributed by atoms with Crippen molar-refractivity contribution in [2.75, 3.05) is 5.73 Å². The number of nitrogens with zero attached hydrogens (tertiary/aromatic N) is 2. The van der Waals surface area contributed by atoms with E-state index in [1.165, 1.54) is 0 Å². The van der Waals surface area contributed by atoms with Crippen LogP contribution in [0.4, 0.5) is 5.82 Å². The van der Waals surface area contributed by atoms with Crippen molar-refractivity contribution in [1.82, 2.24) is 9.97 Å². The molecule has 0 saturated heterocycles. The van der Waals surface area contributed by atoms with Crippen molar-refractivity contribution < 1.29 is 0 Å². The summed E-state index contributed by atoms with van der Waals surface area (Å²) in [6.07, 6.45) is 0. The maximum Gasteiger partial charge on any atom is 0.162 e. The van der Waals surface area contributed by atoms with Gasteiger partial charge in [0, 0.05) is 15.4 Å². The molecule has 0 spiro atoms. The number of pyridine rings is 2. The minimum Gasteiger partial charge on any atom is -0.384 e. The average molecular weight is 376 g/mol. The zero-order chi connectivity index (χ0) is 16.5. The SMILES string of the molecule is Nc1ccc2c(-c3ccccc3)cc(-c3cccc(Br)c3)nc2n1. The predicted molar refractivity (Wildman–Crippen MR) is 103 cm³/mol. The molecule has 2 aromatic carbocycles. The summed E-state index contributed by atoms with van der Waals surface area (Å²) in [7, 11) is 0. The molecule has 116 valence electrons. The summed E-state index contributed by atoms with van der Waals surface area (Å²) in [6.45, 7) is 0. The van der Waals surface area contributed by atoms with Crippen molar-refractivity contribution in [2.24, 2.45) is 0 Å². The molecule has 2 aromatic heterocycles. The molecule has 24 heavy (non-hydrogen) atoms. The van der Waals surface area contributed by atoms with Gasteiger partial charge in [-0.25, -0.2) is 9.97 Å². The standard InChI is InChI=1S/C20H14BrN3/c21-15-8-4-7-14(11-15)18-12-17(13-5-2-1-3-6-13)16-9-10-19(22)24-20(16)23-18/h1-12H,(H2,22,23,24). The summed E-state index contributed by atoms with van der Waals surface area (Å²) >= 11 is 3.52. The second-order valence-electron chi connectivity index (χ2n) is 5.54. The van der Waals surface area contributed by atoms with Gasteiger partial charge in [-0.15, -0.1) is 0 Å². The molecule has 0 unspecified atom stereocenters. The number of fused-ring (bicyclic) bond motifs is 1. The summed E-state index contributed by atoms with van der Waals surface area (Å²) < 4.78 is 1.02. The fourth-order valence-corrected chi connectivity index (χ4v) is 3.17. The summed E-state index contributed by atoms with van der Waals surface area (Å²) in [4.78, 5) is 9.15. The molecule has 0 atom stereocenters. The lowest BCUT2D eigenvalue weighted by molar-refractivity contribution is 1.29. The molecule has 2 heterocycles. The van der Waals surface area contributed by atoms with E-state index in [0.717, 1.165) is 32.2 Å². The van der Waals surface area contributed by atoms with Gasteiger partial charge in [-0.2, -0.15) is 0 Å². The number of nitrogen functional groups attached to an aromatic ring is 1. The van der Waals surface area contributed by atoms with Gasteiger partial charge in [0.1, 0.15) is 5.82 Å². The number of hydrogen-bond acceptors (Lipinski definition) is 3. The molecular weight excluding hydrogens is 362 g/mol. The average Bonchev–Trinajstić information content (AvgIpc) is 2.61. The third kappa shape index (κ3) is 2.76. The molecule has 0 bridgehead atoms. The molecule has 0 saturated carbocycles. The van der Waals surface area contributed by atoms with Crippen molar-refractivity contribution in [3.63, 3.8) is 0 Å². The van der Waals surface area contributed by atoms with Crippen LogP contribution in [-0.4, -0.2) is 9.97 Å². The van der Waals surface area contributed by atoms with Crippen molar-refractivity contribution in [1.29, 1.82) is 0 Å². The maximum absolute atomic E-state index is 5.87. The number of rotatable bonds is 2.